The van der Waals surface area contributed by atoms with Crippen LogP contribution in [0.2, 0.25) is 0 Å². The summed E-state index contributed by atoms with van der Waals surface area (Å²) in [6, 6.07) is 0. The van der Waals surface area contributed by atoms with E-state index in [1.165, 1.54) is 7.11 Å². The number of amides is 1. The molecule has 0 aromatic heterocycles. The Kier molecular flexibility index (Phi) is 4.19. The lowest BCUT2D eigenvalue weighted by molar-refractivity contribution is -0.165. The van der Waals surface area contributed by atoms with Crippen LogP contribution in [0.3, 0.4) is 0 Å². The normalized spacial score (nSPS) is 32.3. The molecule has 2 heterocycles. The van der Waals surface area contributed by atoms with Crippen molar-refractivity contribution in [2.24, 2.45) is 5.92 Å². The highest BCUT2D eigenvalue weighted by molar-refractivity contribution is 5.83. The monoisotopic (exact) mass is 257 g/mol. The van der Waals surface area contributed by atoms with Gasteiger partial charge in [0.15, 0.2) is 6.10 Å². The minimum absolute atomic E-state index is 0.0443. The third-order valence-corrected chi connectivity index (χ3v) is 3.47. The number of morpholine rings is 1. The molecule has 3 atom stereocenters. The summed E-state index contributed by atoms with van der Waals surface area (Å²) in [6.07, 6.45) is -0.146. The van der Waals surface area contributed by atoms with Crippen molar-refractivity contribution >= 4 is 11.9 Å². The average molecular weight is 257 g/mol. The van der Waals surface area contributed by atoms with Crippen LogP contribution >= 0.6 is 0 Å². The number of esters is 1. The van der Waals surface area contributed by atoms with Crippen LogP contribution < -0.4 is 0 Å². The van der Waals surface area contributed by atoms with E-state index in [2.05, 4.69) is 4.74 Å². The Hall–Kier alpha value is -1.14. The molecular formula is C12H19NO5. The molecule has 2 fully saturated rings. The molecule has 2 aliphatic heterocycles. The van der Waals surface area contributed by atoms with Gasteiger partial charge >= 0.3 is 5.97 Å². The fourth-order valence-corrected chi connectivity index (χ4v) is 2.31. The topological polar surface area (TPSA) is 65.1 Å². The third kappa shape index (κ3) is 2.64. The highest BCUT2D eigenvalue weighted by Crippen LogP contribution is 2.22. The van der Waals surface area contributed by atoms with Gasteiger partial charge in [-0.25, -0.2) is 4.79 Å². The molecule has 2 rings (SSSR count). The van der Waals surface area contributed by atoms with E-state index in [-0.39, 0.29) is 24.5 Å². The first-order valence-electron chi connectivity index (χ1n) is 6.23. The molecule has 18 heavy (non-hydrogen) atoms. The van der Waals surface area contributed by atoms with Crippen LogP contribution in [-0.2, 0) is 23.8 Å². The molecule has 102 valence electrons. The molecule has 1 amide bonds. The van der Waals surface area contributed by atoms with Crippen LogP contribution in [0, 0.1) is 5.92 Å². The molecule has 0 aromatic carbocycles. The second kappa shape index (κ2) is 5.67. The summed E-state index contributed by atoms with van der Waals surface area (Å²) in [4.78, 5) is 25.3. The van der Waals surface area contributed by atoms with E-state index >= 15 is 0 Å². The van der Waals surface area contributed by atoms with Gasteiger partial charge in [0.2, 0.25) is 0 Å². The van der Waals surface area contributed by atoms with Crippen molar-refractivity contribution < 1.29 is 23.8 Å². The Balaban J connectivity index is 1.96. The first-order valence-corrected chi connectivity index (χ1v) is 6.23. The van der Waals surface area contributed by atoms with E-state index in [0.717, 1.165) is 6.42 Å². The minimum Gasteiger partial charge on any atom is -0.467 e. The van der Waals surface area contributed by atoms with Gasteiger partial charge in [-0.15, -0.1) is 0 Å². The fourth-order valence-electron chi connectivity index (χ4n) is 2.31. The van der Waals surface area contributed by atoms with E-state index in [1.807, 2.05) is 6.92 Å². The van der Waals surface area contributed by atoms with Gasteiger partial charge in [0, 0.05) is 13.2 Å². The maximum absolute atomic E-state index is 12.3. The number of nitrogens with zero attached hydrogens (tertiary/aromatic N) is 1. The smallest absolute Gasteiger partial charge is 0.336 e. The molecule has 2 aliphatic rings. The molecule has 3 unspecified atom stereocenters. The molecule has 0 spiro atoms. The van der Waals surface area contributed by atoms with Crippen LogP contribution in [0.25, 0.3) is 0 Å². The zero-order valence-corrected chi connectivity index (χ0v) is 10.8. The van der Waals surface area contributed by atoms with Crippen molar-refractivity contribution in [3.8, 4) is 0 Å². The number of ether oxygens (including phenoxy) is 3. The molecule has 6 nitrogen and oxygen atoms in total. The summed E-state index contributed by atoms with van der Waals surface area (Å²) < 4.78 is 15.4. The summed E-state index contributed by atoms with van der Waals surface area (Å²) in [7, 11) is 1.31. The summed E-state index contributed by atoms with van der Waals surface area (Å²) in [5, 5.41) is 0. The van der Waals surface area contributed by atoms with Gasteiger partial charge in [0.25, 0.3) is 5.91 Å². The first-order chi connectivity index (χ1) is 8.63. The Morgan fingerprint density at radius 3 is 2.67 bits per heavy atom. The highest BCUT2D eigenvalue weighted by Gasteiger charge is 2.37. The van der Waals surface area contributed by atoms with E-state index in [1.54, 1.807) is 4.90 Å². The number of carbonyl (C=O) groups is 2. The van der Waals surface area contributed by atoms with Gasteiger partial charge in [-0.2, -0.15) is 0 Å². The fraction of sp³-hybridized carbons (Fsp3) is 0.833. The van der Waals surface area contributed by atoms with Gasteiger partial charge in [0.1, 0.15) is 6.10 Å². The molecule has 0 bridgehead atoms. The summed E-state index contributed by atoms with van der Waals surface area (Å²) in [6.45, 7) is 3.74. The molecule has 0 aromatic rings. The largest absolute Gasteiger partial charge is 0.467 e. The standard InChI is InChI=1S/C12H19NO5/c1-8-3-5-18-10(8)11(14)13-4-6-17-9(7-13)12(15)16-2/h8-10H,3-7H2,1-2H3. The maximum Gasteiger partial charge on any atom is 0.336 e. The van der Waals surface area contributed by atoms with Gasteiger partial charge in [-0.3, -0.25) is 4.79 Å². The van der Waals surface area contributed by atoms with Crippen molar-refractivity contribution in [3.63, 3.8) is 0 Å². The highest BCUT2D eigenvalue weighted by atomic mass is 16.6. The number of carbonyl (C=O) groups excluding carboxylic acids is 2. The number of hydrogen-bond acceptors (Lipinski definition) is 5. The predicted molar refractivity (Wildman–Crippen MR) is 61.9 cm³/mol. The number of methoxy groups -OCH3 is 1. The van der Waals surface area contributed by atoms with Crippen LogP contribution in [0.5, 0.6) is 0 Å². The molecule has 0 saturated carbocycles. The van der Waals surface area contributed by atoms with Crippen molar-refractivity contribution in [2.75, 3.05) is 33.4 Å². The molecule has 6 heteroatoms. The zero-order chi connectivity index (χ0) is 13.1. The average Bonchev–Trinajstić information content (AvgIpc) is 2.83. The predicted octanol–water partition coefficient (Wildman–Crippen LogP) is -0.188. The lowest BCUT2D eigenvalue weighted by atomic mass is 10.0. The summed E-state index contributed by atoms with van der Waals surface area (Å²) in [5.41, 5.74) is 0. The maximum atomic E-state index is 12.3. The van der Waals surface area contributed by atoms with Gasteiger partial charge in [0.05, 0.1) is 20.3 Å². The second-order valence-electron chi connectivity index (χ2n) is 4.72. The molecule has 0 radical (unpaired) electrons. The SMILES string of the molecule is COC(=O)C1CN(C(=O)C2OCCC2C)CCO1. The van der Waals surface area contributed by atoms with Gasteiger partial charge in [-0.1, -0.05) is 6.92 Å². The second-order valence-corrected chi connectivity index (χ2v) is 4.72. The first kappa shape index (κ1) is 13.3. The Morgan fingerprint density at radius 1 is 1.28 bits per heavy atom. The van der Waals surface area contributed by atoms with E-state index < -0.39 is 12.1 Å². The van der Waals surface area contributed by atoms with Crippen LogP contribution in [0.1, 0.15) is 13.3 Å². The molecule has 2 saturated heterocycles. The van der Waals surface area contributed by atoms with Gasteiger partial charge < -0.3 is 19.1 Å². The molecule has 0 N–H and O–H groups in total. The van der Waals surface area contributed by atoms with Crippen LogP contribution in [-0.4, -0.2) is 62.4 Å². The van der Waals surface area contributed by atoms with Crippen molar-refractivity contribution in [2.45, 2.75) is 25.6 Å². The van der Waals surface area contributed by atoms with Crippen LogP contribution in [0.15, 0.2) is 0 Å². The van der Waals surface area contributed by atoms with Crippen LogP contribution in [0.4, 0.5) is 0 Å². The third-order valence-electron chi connectivity index (χ3n) is 3.47. The Bertz CT molecular complexity index is 332. The summed E-state index contributed by atoms with van der Waals surface area (Å²) in [5.74, 6) is -0.248. The van der Waals surface area contributed by atoms with E-state index in [4.69, 9.17) is 9.47 Å². The lowest BCUT2D eigenvalue weighted by Crippen LogP contribution is -2.52. The Labute approximate surface area is 106 Å². The van der Waals surface area contributed by atoms with Crippen molar-refractivity contribution in [1.82, 2.24) is 4.90 Å². The quantitative estimate of drug-likeness (QED) is 0.642. The van der Waals surface area contributed by atoms with E-state index in [0.29, 0.717) is 19.8 Å². The minimum atomic E-state index is -0.676. The molecular weight excluding hydrogens is 238 g/mol. The number of hydrogen-bond donors (Lipinski definition) is 0. The lowest BCUT2D eigenvalue weighted by Gasteiger charge is -2.33. The van der Waals surface area contributed by atoms with E-state index in [9.17, 15) is 9.59 Å². The zero-order valence-electron chi connectivity index (χ0n) is 10.8. The Morgan fingerprint density at radius 2 is 2.06 bits per heavy atom. The summed E-state index contributed by atoms with van der Waals surface area (Å²) >= 11 is 0. The molecule has 0 aliphatic carbocycles. The number of rotatable bonds is 2. The van der Waals surface area contributed by atoms with Crippen molar-refractivity contribution in [1.29, 1.82) is 0 Å². The van der Waals surface area contributed by atoms with Gasteiger partial charge in [-0.05, 0) is 12.3 Å². The van der Waals surface area contributed by atoms with Crippen molar-refractivity contribution in [3.05, 3.63) is 0 Å².